The number of carbonyl (C=O) groups excluding carboxylic acids is 2. The normalized spacial score (nSPS) is 24.4. The maximum atomic E-state index is 12.9. The average Bonchev–Trinajstić information content (AvgIpc) is 3.10. The lowest BCUT2D eigenvalue weighted by Crippen LogP contribution is -2.50. The molecule has 136 valence electrons. The summed E-state index contributed by atoms with van der Waals surface area (Å²) in [6.45, 7) is 4.39. The Kier molecular flexibility index (Phi) is 4.83. The summed E-state index contributed by atoms with van der Waals surface area (Å²) >= 11 is 0. The molecule has 2 fully saturated rings. The van der Waals surface area contributed by atoms with Gasteiger partial charge in [0.25, 0.3) is 5.91 Å². The number of nitrogens with zero attached hydrogens (tertiary/aromatic N) is 1. The molecule has 3 rings (SSSR count). The lowest BCUT2D eigenvalue weighted by Gasteiger charge is -2.26. The number of amides is 2. The second kappa shape index (κ2) is 6.90. The molecule has 2 aliphatic rings. The van der Waals surface area contributed by atoms with Crippen molar-refractivity contribution in [1.29, 1.82) is 0 Å². The van der Waals surface area contributed by atoms with Crippen LogP contribution >= 0.6 is 0 Å². The van der Waals surface area contributed by atoms with Gasteiger partial charge in [0, 0.05) is 13.1 Å². The Hall–Kier alpha value is -2.31. The van der Waals surface area contributed by atoms with Crippen molar-refractivity contribution < 1.29 is 23.9 Å². The first kappa shape index (κ1) is 17.5. The highest BCUT2D eigenvalue weighted by atomic mass is 16.4. The van der Waals surface area contributed by atoms with Crippen LogP contribution < -0.4 is 5.32 Å². The number of carbonyl (C=O) groups is 3. The summed E-state index contributed by atoms with van der Waals surface area (Å²) in [5.41, 5.74) is 0. The Bertz CT molecular complexity index is 650. The lowest BCUT2D eigenvalue weighted by molar-refractivity contribution is -0.142. The number of likely N-dealkylation sites (tertiary alicyclic amines) is 1. The van der Waals surface area contributed by atoms with Crippen molar-refractivity contribution in [2.45, 2.75) is 32.7 Å². The van der Waals surface area contributed by atoms with Crippen LogP contribution in [0.5, 0.6) is 0 Å². The molecule has 1 unspecified atom stereocenters. The number of nitrogens with one attached hydrogen (secondary N) is 1. The molecule has 1 aromatic heterocycles. The van der Waals surface area contributed by atoms with E-state index in [4.69, 9.17) is 4.42 Å². The van der Waals surface area contributed by atoms with E-state index in [-0.39, 0.29) is 30.0 Å². The minimum Gasteiger partial charge on any atom is -0.481 e. The molecule has 0 spiro atoms. The minimum absolute atomic E-state index is 0.0232. The van der Waals surface area contributed by atoms with Gasteiger partial charge in [-0.05, 0) is 42.7 Å². The van der Waals surface area contributed by atoms with Crippen LogP contribution in [0.25, 0.3) is 0 Å². The minimum atomic E-state index is -0.840. The molecule has 0 radical (unpaired) electrons. The molecule has 1 saturated carbocycles. The van der Waals surface area contributed by atoms with Crippen LogP contribution in [0.4, 0.5) is 0 Å². The largest absolute Gasteiger partial charge is 0.481 e. The van der Waals surface area contributed by atoms with Crippen molar-refractivity contribution in [3.05, 3.63) is 24.2 Å². The average molecular weight is 348 g/mol. The third-order valence-electron chi connectivity index (χ3n) is 5.19. The predicted octanol–water partition coefficient (Wildman–Crippen LogP) is 1.60. The van der Waals surface area contributed by atoms with Crippen molar-refractivity contribution in [2.24, 2.45) is 23.7 Å². The zero-order chi connectivity index (χ0) is 18.1. The molecule has 25 heavy (non-hydrogen) atoms. The number of carboxylic acid groups (broad SMARTS) is 1. The van der Waals surface area contributed by atoms with Crippen molar-refractivity contribution >= 4 is 17.8 Å². The topological polar surface area (TPSA) is 99.9 Å². The van der Waals surface area contributed by atoms with E-state index in [0.29, 0.717) is 12.5 Å². The van der Waals surface area contributed by atoms with Crippen LogP contribution in [0.3, 0.4) is 0 Å². The Labute approximate surface area is 146 Å². The summed E-state index contributed by atoms with van der Waals surface area (Å²) < 4.78 is 5.07. The van der Waals surface area contributed by atoms with Crippen molar-refractivity contribution in [1.82, 2.24) is 10.2 Å². The van der Waals surface area contributed by atoms with Gasteiger partial charge in [-0.2, -0.15) is 0 Å². The number of hydrogen-bond acceptors (Lipinski definition) is 4. The lowest BCUT2D eigenvalue weighted by atomic mass is 9.92. The van der Waals surface area contributed by atoms with Crippen LogP contribution in [0.2, 0.25) is 0 Å². The Morgan fingerprint density at radius 2 is 2.00 bits per heavy atom. The third kappa shape index (κ3) is 3.70. The van der Waals surface area contributed by atoms with Crippen LogP contribution in [0.15, 0.2) is 22.8 Å². The molecule has 7 heteroatoms. The molecule has 0 aromatic carbocycles. The van der Waals surface area contributed by atoms with E-state index in [1.54, 1.807) is 11.0 Å². The van der Waals surface area contributed by atoms with E-state index in [2.05, 4.69) is 5.32 Å². The van der Waals surface area contributed by atoms with Gasteiger partial charge in [0.1, 0.15) is 6.04 Å². The SMILES string of the molecule is CC(C)C(NC(=O)c1ccco1)C(=O)N1C[C@H](C(=O)O)[C@@H](C2CC2)C1. The van der Waals surface area contributed by atoms with Crippen LogP contribution in [0.1, 0.15) is 37.2 Å². The number of furan rings is 1. The van der Waals surface area contributed by atoms with E-state index in [9.17, 15) is 19.5 Å². The summed E-state index contributed by atoms with van der Waals surface area (Å²) in [6, 6.07) is 2.45. The molecule has 7 nitrogen and oxygen atoms in total. The first-order chi connectivity index (χ1) is 11.9. The Morgan fingerprint density at radius 1 is 1.28 bits per heavy atom. The van der Waals surface area contributed by atoms with Gasteiger partial charge >= 0.3 is 5.97 Å². The van der Waals surface area contributed by atoms with Gasteiger partial charge in [-0.15, -0.1) is 0 Å². The molecule has 1 aromatic rings. The number of aliphatic carboxylic acids is 1. The molecular formula is C18H24N2O5. The molecule has 1 aliphatic heterocycles. The van der Waals surface area contributed by atoms with E-state index in [0.717, 1.165) is 12.8 Å². The molecular weight excluding hydrogens is 324 g/mol. The van der Waals surface area contributed by atoms with Gasteiger partial charge in [0.2, 0.25) is 5.91 Å². The van der Waals surface area contributed by atoms with Crippen LogP contribution in [0, 0.1) is 23.7 Å². The second-order valence-corrected chi connectivity index (χ2v) is 7.36. The monoisotopic (exact) mass is 348 g/mol. The molecule has 2 amide bonds. The number of hydrogen-bond donors (Lipinski definition) is 2. The molecule has 0 bridgehead atoms. The standard InChI is InChI=1S/C18H24N2O5/c1-10(2)15(19-16(21)14-4-3-7-25-14)17(22)20-8-12(11-5-6-11)13(9-20)18(23)24/h3-4,7,10-13,15H,5-6,8-9H2,1-2H3,(H,19,21)(H,23,24)/t12-,13+,15?/m1/s1. The van der Waals surface area contributed by atoms with E-state index >= 15 is 0 Å². The highest BCUT2D eigenvalue weighted by Gasteiger charge is 2.48. The maximum Gasteiger partial charge on any atom is 0.308 e. The maximum absolute atomic E-state index is 12.9. The highest BCUT2D eigenvalue weighted by Crippen LogP contribution is 2.44. The van der Waals surface area contributed by atoms with Crippen LogP contribution in [-0.2, 0) is 9.59 Å². The van der Waals surface area contributed by atoms with Crippen molar-refractivity contribution in [2.75, 3.05) is 13.1 Å². The molecule has 1 saturated heterocycles. The molecule has 3 atom stereocenters. The highest BCUT2D eigenvalue weighted by molar-refractivity contribution is 5.95. The van der Waals surface area contributed by atoms with Gasteiger partial charge in [-0.25, -0.2) is 0 Å². The number of carboxylic acids is 1. The summed E-state index contributed by atoms with van der Waals surface area (Å²) in [6.07, 6.45) is 3.48. The Balaban J connectivity index is 1.70. The summed E-state index contributed by atoms with van der Waals surface area (Å²) in [7, 11) is 0. The molecule has 1 aliphatic carbocycles. The van der Waals surface area contributed by atoms with E-state index < -0.39 is 23.8 Å². The van der Waals surface area contributed by atoms with Gasteiger partial charge < -0.3 is 19.7 Å². The molecule has 2 N–H and O–H groups in total. The third-order valence-corrected chi connectivity index (χ3v) is 5.19. The fraction of sp³-hybridized carbons (Fsp3) is 0.611. The first-order valence-electron chi connectivity index (χ1n) is 8.74. The quantitative estimate of drug-likeness (QED) is 0.813. The fourth-order valence-corrected chi connectivity index (χ4v) is 3.60. The zero-order valence-corrected chi connectivity index (χ0v) is 14.5. The zero-order valence-electron chi connectivity index (χ0n) is 14.5. The van der Waals surface area contributed by atoms with Crippen molar-refractivity contribution in [3.63, 3.8) is 0 Å². The smallest absolute Gasteiger partial charge is 0.308 e. The van der Waals surface area contributed by atoms with Gasteiger partial charge in [-0.3, -0.25) is 14.4 Å². The first-order valence-corrected chi connectivity index (χ1v) is 8.74. The van der Waals surface area contributed by atoms with E-state index in [1.165, 1.54) is 12.3 Å². The van der Waals surface area contributed by atoms with E-state index in [1.807, 2.05) is 13.8 Å². The summed E-state index contributed by atoms with van der Waals surface area (Å²) in [5.74, 6) is -1.54. The van der Waals surface area contributed by atoms with Gasteiger partial charge in [0.15, 0.2) is 5.76 Å². The van der Waals surface area contributed by atoms with Gasteiger partial charge in [0.05, 0.1) is 12.2 Å². The van der Waals surface area contributed by atoms with Gasteiger partial charge in [-0.1, -0.05) is 13.8 Å². The summed E-state index contributed by atoms with van der Waals surface area (Å²) in [5, 5.41) is 12.2. The van der Waals surface area contributed by atoms with Crippen molar-refractivity contribution in [3.8, 4) is 0 Å². The fourth-order valence-electron chi connectivity index (χ4n) is 3.60. The summed E-state index contributed by atoms with van der Waals surface area (Å²) in [4.78, 5) is 38.3. The molecule has 2 heterocycles. The number of rotatable bonds is 6. The second-order valence-electron chi connectivity index (χ2n) is 7.36. The van der Waals surface area contributed by atoms with Crippen LogP contribution in [-0.4, -0.2) is 46.9 Å². The predicted molar refractivity (Wildman–Crippen MR) is 88.7 cm³/mol. The Morgan fingerprint density at radius 3 is 2.52 bits per heavy atom.